The molecule has 0 saturated carbocycles. The van der Waals surface area contributed by atoms with Gasteiger partial charge in [-0.2, -0.15) is 0 Å². The molecule has 1 aromatic heterocycles. The number of aryl methyl sites for hydroxylation is 1. The van der Waals surface area contributed by atoms with Gasteiger partial charge in [-0.3, -0.25) is 4.79 Å². The van der Waals surface area contributed by atoms with Crippen LogP contribution in [0.3, 0.4) is 0 Å². The summed E-state index contributed by atoms with van der Waals surface area (Å²) in [5, 5.41) is 11.9. The van der Waals surface area contributed by atoms with Crippen LogP contribution in [0.25, 0.3) is 0 Å². The predicted molar refractivity (Wildman–Crippen MR) is 133 cm³/mol. The summed E-state index contributed by atoms with van der Waals surface area (Å²) in [5.74, 6) is 4.14. The molecule has 2 aromatic carbocycles. The Balaban J connectivity index is 1.10. The second kappa shape index (κ2) is 10.5. The molecule has 1 N–H and O–H groups in total. The minimum absolute atomic E-state index is 0.0526. The normalized spacial score (nSPS) is 15.9. The lowest BCUT2D eigenvalue weighted by atomic mass is 10.00. The molecule has 184 valence electrons. The molecule has 0 saturated heterocycles. The Bertz CT molecular complexity index is 1170. The lowest BCUT2D eigenvalue weighted by Crippen LogP contribution is -2.32. The number of nitrogens with zero attached hydrogens (tertiary/aromatic N) is 4. The average Bonchev–Trinajstić information content (AvgIpc) is 3.42. The van der Waals surface area contributed by atoms with Gasteiger partial charge < -0.3 is 24.3 Å². The molecule has 0 radical (unpaired) electrons. The Hall–Kier alpha value is -3.39. The van der Waals surface area contributed by atoms with E-state index in [0.29, 0.717) is 31.2 Å². The van der Waals surface area contributed by atoms with Crippen molar-refractivity contribution in [3.05, 3.63) is 70.8 Å². The second-order valence-electron chi connectivity index (χ2n) is 9.60. The van der Waals surface area contributed by atoms with Crippen LogP contribution in [0.1, 0.15) is 40.1 Å². The van der Waals surface area contributed by atoms with Gasteiger partial charge in [0.2, 0.25) is 6.79 Å². The SMILES string of the molecule is Cc1ccc(C(=O)NCCc2nnc3n2CCN(C[C@H](C)Cc2ccc4c(c2)OCO4)CC3)cc1. The van der Waals surface area contributed by atoms with Gasteiger partial charge in [0.15, 0.2) is 11.5 Å². The van der Waals surface area contributed by atoms with Crippen molar-refractivity contribution in [1.82, 2.24) is 25.0 Å². The maximum atomic E-state index is 12.4. The highest BCUT2D eigenvalue weighted by Crippen LogP contribution is 2.33. The lowest BCUT2D eigenvalue weighted by molar-refractivity contribution is 0.0954. The van der Waals surface area contributed by atoms with Crippen molar-refractivity contribution < 1.29 is 14.3 Å². The molecule has 0 aliphatic carbocycles. The van der Waals surface area contributed by atoms with Crippen molar-refractivity contribution in [2.45, 2.75) is 39.7 Å². The molecule has 35 heavy (non-hydrogen) atoms. The van der Waals surface area contributed by atoms with Crippen molar-refractivity contribution in [3.8, 4) is 11.5 Å². The number of aromatic nitrogens is 3. The van der Waals surface area contributed by atoms with Gasteiger partial charge >= 0.3 is 0 Å². The topological polar surface area (TPSA) is 81.5 Å². The minimum atomic E-state index is -0.0526. The van der Waals surface area contributed by atoms with Crippen LogP contribution in [-0.4, -0.2) is 58.5 Å². The van der Waals surface area contributed by atoms with E-state index in [2.05, 4.69) is 44.0 Å². The van der Waals surface area contributed by atoms with E-state index in [1.807, 2.05) is 37.3 Å². The summed E-state index contributed by atoms with van der Waals surface area (Å²) in [6.07, 6.45) is 2.57. The summed E-state index contributed by atoms with van der Waals surface area (Å²) in [7, 11) is 0. The van der Waals surface area contributed by atoms with Crippen molar-refractivity contribution in [2.24, 2.45) is 5.92 Å². The van der Waals surface area contributed by atoms with E-state index in [4.69, 9.17) is 9.47 Å². The van der Waals surface area contributed by atoms with Crippen molar-refractivity contribution in [1.29, 1.82) is 0 Å². The molecule has 1 amide bonds. The van der Waals surface area contributed by atoms with Crippen LogP contribution in [0.4, 0.5) is 0 Å². The standard InChI is InChI=1S/C27H33N5O3/c1-19-3-6-22(7-4-19)27(33)28-11-9-25-29-30-26-10-12-31(13-14-32(25)26)17-20(2)15-21-5-8-23-24(16-21)35-18-34-23/h3-8,16,20H,9-15,17-18H2,1-2H3,(H,28,33)/t20-/m1/s1. The van der Waals surface area contributed by atoms with E-state index in [-0.39, 0.29) is 5.91 Å². The van der Waals surface area contributed by atoms with E-state index in [0.717, 1.165) is 67.7 Å². The Morgan fingerprint density at radius 3 is 2.74 bits per heavy atom. The first kappa shape index (κ1) is 23.4. The Morgan fingerprint density at radius 2 is 1.89 bits per heavy atom. The van der Waals surface area contributed by atoms with E-state index in [1.165, 1.54) is 5.56 Å². The first-order valence-corrected chi connectivity index (χ1v) is 12.4. The number of carbonyl (C=O) groups is 1. The molecule has 5 rings (SSSR count). The number of rotatable bonds is 8. The fourth-order valence-corrected chi connectivity index (χ4v) is 4.86. The maximum absolute atomic E-state index is 12.4. The molecular formula is C27H33N5O3. The smallest absolute Gasteiger partial charge is 0.251 e. The van der Waals surface area contributed by atoms with Gasteiger partial charge in [0, 0.05) is 51.1 Å². The van der Waals surface area contributed by atoms with E-state index >= 15 is 0 Å². The Labute approximate surface area is 206 Å². The molecule has 2 aliphatic rings. The first-order valence-electron chi connectivity index (χ1n) is 12.4. The average molecular weight is 476 g/mol. The fourth-order valence-electron chi connectivity index (χ4n) is 4.86. The summed E-state index contributed by atoms with van der Waals surface area (Å²) in [5.41, 5.74) is 3.11. The summed E-state index contributed by atoms with van der Waals surface area (Å²) >= 11 is 0. The number of hydrogen-bond donors (Lipinski definition) is 1. The highest BCUT2D eigenvalue weighted by Gasteiger charge is 2.21. The third-order valence-corrected chi connectivity index (χ3v) is 6.73. The molecule has 1 atom stereocenters. The number of amides is 1. The monoisotopic (exact) mass is 475 g/mol. The highest BCUT2D eigenvalue weighted by atomic mass is 16.7. The first-order chi connectivity index (χ1) is 17.0. The number of hydrogen-bond acceptors (Lipinski definition) is 6. The molecule has 3 heterocycles. The van der Waals surface area contributed by atoms with Crippen LogP contribution in [0, 0.1) is 12.8 Å². The van der Waals surface area contributed by atoms with Crippen molar-refractivity contribution in [2.75, 3.05) is 33.0 Å². The van der Waals surface area contributed by atoms with Gasteiger partial charge in [0.25, 0.3) is 5.91 Å². The molecule has 0 fully saturated rings. The summed E-state index contributed by atoms with van der Waals surface area (Å²) in [4.78, 5) is 14.9. The molecule has 0 spiro atoms. The van der Waals surface area contributed by atoms with Crippen LogP contribution < -0.4 is 14.8 Å². The van der Waals surface area contributed by atoms with Gasteiger partial charge in [-0.15, -0.1) is 10.2 Å². The quantitative estimate of drug-likeness (QED) is 0.539. The zero-order valence-electron chi connectivity index (χ0n) is 20.5. The molecule has 0 bridgehead atoms. The Kier molecular flexibility index (Phi) is 6.99. The van der Waals surface area contributed by atoms with Crippen LogP contribution in [0.15, 0.2) is 42.5 Å². The zero-order valence-corrected chi connectivity index (χ0v) is 20.5. The zero-order chi connectivity index (χ0) is 24.2. The molecule has 3 aromatic rings. The predicted octanol–water partition coefficient (Wildman–Crippen LogP) is 3.02. The van der Waals surface area contributed by atoms with Crippen LogP contribution in [-0.2, 0) is 25.8 Å². The maximum Gasteiger partial charge on any atom is 0.251 e. The second-order valence-corrected chi connectivity index (χ2v) is 9.60. The van der Waals surface area contributed by atoms with Gasteiger partial charge in [-0.25, -0.2) is 0 Å². The summed E-state index contributed by atoms with van der Waals surface area (Å²) in [6.45, 7) is 9.04. The fraction of sp³-hybridized carbons (Fsp3) is 0.444. The van der Waals surface area contributed by atoms with Crippen molar-refractivity contribution >= 4 is 5.91 Å². The number of fused-ring (bicyclic) bond motifs is 2. The van der Waals surface area contributed by atoms with E-state index in [1.54, 1.807) is 0 Å². The molecule has 2 aliphatic heterocycles. The number of nitrogens with one attached hydrogen (secondary N) is 1. The lowest BCUT2D eigenvalue weighted by Gasteiger charge is -2.24. The third-order valence-electron chi connectivity index (χ3n) is 6.73. The summed E-state index contributed by atoms with van der Waals surface area (Å²) in [6, 6.07) is 13.9. The number of ether oxygens (including phenoxy) is 2. The largest absolute Gasteiger partial charge is 0.454 e. The molecule has 8 nitrogen and oxygen atoms in total. The highest BCUT2D eigenvalue weighted by molar-refractivity contribution is 5.94. The van der Waals surface area contributed by atoms with Crippen molar-refractivity contribution in [3.63, 3.8) is 0 Å². The number of carbonyl (C=O) groups excluding carboxylic acids is 1. The van der Waals surface area contributed by atoms with Gasteiger partial charge in [-0.1, -0.05) is 30.7 Å². The van der Waals surface area contributed by atoms with Crippen LogP contribution in [0.5, 0.6) is 11.5 Å². The van der Waals surface area contributed by atoms with Gasteiger partial charge in [0.05, 0.1) is 0 Å². The van der Waals surface area contributed by atoms with Gasteiger partial charge in [-0.05, 0) is 49.1 Å². The molecule has 8 heteroatoms. The summed E-state index contributed by atoms with van der Waals surface area (Å²) < 4.78 is 13.2. The van der Waals surface area contributed by atoms with Crippen LogP contribution >= 0.6 is 0 Å². The molecule has 0 unspecified atom stereocenters. The van der Waals surface area contributed by atoms with E-state index < -0.39 is 0 Å². The Morgan fingerprint density at radius 1 is 1.06 bits per heavy atom. The number of benzene rings is 2. The van der Waals surface area contributed by atoms with Gasteiger partial charge in [0.1, 0.15) is 11.6 Å². The third kappa shape index (κ3) is 5.65. The minimum Gasteiger partial charge on any atom is -0.454 e. The van der Waals surface area contributed by atoms with Crippen LogP contribution in [0.2, 0.25) is 0 Å². The van der Waals surface area contributed by atoms with E-state index in [9.17, 15) is 4.79 Å². The molecular weight excluding hydrogens is 442 g/mol.